The molecule has 6 heteroatoms. The maximum absolute atomic E-state index is 12.0. The number of aromatic nitrogens is 1. The molecule has 2 heterocycles. The highest BCUT2D eigenvalue weighted by Crippen LogP contribution is 2.40. The number of rotatable bonds is 6. The number of ether oxygens (including phenoxy) is 1. The average molecular weight is 442 g/mol. The summed E-state index contributed by atoms with van der Waals surface area (Å²) in [4.78, 5) is 19.5. The minimum absolute atomic E-state index is 0.130. The fourth-order valence-corrected chi connectivity index (χ4v) is 4.84. The molecule has 0 saturated heterocycles. The number of anilines is 2. The van der Waals surface area contributed by atoms with E-state index in [2.05, 4.69) is 34.6 Å². The zero-order valence-electron chi connectivity index (χ0n) is 17.7. The number of nitrogens with zero attached hydrogens (tertiary/aromatic N) is 2. The third kappa shape index (κ3) is 4.27. The highest BCUT2D eigenvalue weighted by Gasteiger charge is 2.23. The van der Waals surface area contributed by atoms with Crippen molar-refractivity contribution >= 4 is 39.9 Å². The Morgan fingerprint density at radius 2 is 1.91 bits per heavy atom. The van der Waals surface area contributed by atoms with E-state index >= 15 is 0 Å². The number of hydrogen-bond acceptors (Lipinski definition) is 5. The molecule has 0 bridgehead atoms. The second kappa shape index (κ2) is 8.93. The Labute approximate surface area is 191 Å². The number of carbonyl (C=O) groups excluding carboxylic acids is 1. The molecule has 0 radical (unpaired) electrons. The van der Waals surface area contributed by atoms with E-state index in [4.69, 9.17) is 4.74 Å². The van der Waals surface area contributed by atoms with Crippen molar-refractivity contribution in [2.24, 2.45) is 0 Å². The summed E-state index contributed by atoms with van der Waals surface area (Å²) in [6.07, 6.45) is 0. The standard InChI is InChI=1S/C26H23N3O2S/c1-29-24-11-5-10-23(26(24)32-17-25(29)30)27-15-18-6-4-8-21(14-18)31-16-20-13-12-19-7-2-3-9-22(19)28-20/h2-14,27H,15-17H2,1H3. The first-order chi connectivity index (χ1) is 15.7. The Morgan fingerprint density at radius 1 is 1.03 bits per heavy atom. The Kier molecular flexibility index (Phi) is 5.69. The van der Waals surface area contributed by atoms with Crippen LogP contribution >= 0.6 is 11.8 Å². The van der Waals surface area contributed by atoms with Gasteiger partial charge in [0.05, 0.1) is 33.2 Å². The predicted molar refractivity (Wildman–Crippen MR) is 130 cm³/mol. The van der Waals surface area contributed by atoms with Crippen molar-refractivity contribution in [1.82, 2.24) is 4.98 Å². The lowest BCUT2D eigenvalue weighted by atomic mass is 10.2. The first-order valence-corrected chi connectivity index (χ1v) is 11.5. The first kappa shape index (κ1) is 20.4. The number of para-hydroxylation sites is 1. The van der Waals surface area contributed by atoms with Gasteiger partial charge in [0.2, 0.25) is 5.91 Å². The smallest absolute Gasteiger partial charge is 0.237 e. The van der Waals surface area contributed by atoms with E-state index in [0.717, 1.165) is 44.2 Å². The van der Waals surface area contributed by atoms with E-state index in [0.29, 0.717) is 18.9 Å². The molecule has 5 nitrogen and oxygen atoms in total. The molecule has 1 aliphatic rings. The number of benzene rings is 3. The van der Waals surface area contributed by atoms with Crippen LogP contribution in [0, 0.1) is 0 Å². The Morgan fingerprint density at radius 3 is 2.84 bits per heavy atom. The van der Waals surface area contributed by atoms with Crippen molar-refractivity contribution in [3.8, 4) is 5.75 Å². The molecular weight excluding hydrogens is 418 g/mol. The van der Waals surface area contributed by atoms with Gasteiger partial charge in [-0.2, -0.15) is 0 Å². The predicted octanol–water partition coefficient (Wildman–Crippen LogP) is 5.49. The molecule has 0 fully saturated rings. The number of nitrogens with one attached hydrogen (secondary N) is 1. The van der Waals surface area contributed by atoms with Crippen LogP contribution in [0.25, 0.3) is 10.9 Å². The molecule has 3 aromatic carbocycles. The van der Waals surface area contributed by atoms with Crippen LogP contribution in [0.2, 0.25) is 0 Å². The summed E-state index contributed by atoms with van der Waals surface area (Å²) < 4.78 is 6.01. The van der Waals surface area contributed by atoms with E-state index in [1.165, 1.54) is 0 Å². The molecule has 4 aromatic rings. The summed E-state index contributed by atoms with van der Waals surface area (Å²) in [5.41, 5.74) is 4.99. The van der Waals surface area contributed by atoms with Crippen molar-refractivity contribution in [3.05, 3.63) is 90.1 Å². The molecular formula is C26H23N3O2S. The minimum atomic E-state index is 0.130. The Hall–Kier alpha value is -3.51. The molecule has 1 aliphatic heterocycles. The number of fused-ring (bicyclic) bond motifs is 2. The molecule has 160 valence electrons. The second-order valence-corrected chi connectivity index (χ2v) is 8.67. The van der Waals surface area contributed by atoms with Crippen LogP contribution in [0.1, 0.15) is 11.3 Å². The van der Waals surface area contributed by atoms with Crippen LogP contribution in [0.4, 0.5) is 11.4 Å². The van der Waals surface area contributed by atoms with Crippen molar-refractivity contribution in [3.63, 3.8) is 0 Å². The van der Waals surface area contributed by atoms with Gasteiger partial charge in [-0.25, -0.2) is 4.98 Å². The normalized spacial score (nSPS) is 13.2. The molecule has 0 unspecified atom stereocenters. The van der Waals surface area contributed by atoms with Crippen LogP contribution in [-0.2, 0) is 17.9 Å². The molecule has 0 saturated carbocycles. The van der Waals surface area contributed by atoms with E-state index in [-0.39, 0.29) is 5.91 Å². The maximum atomic E-state index is 12.0. The first-order valence-electron chi connectivity index (χ1n) is 10.5. The van der Waals surface area contributed by atoms with Crippen LogP contribution in [-0.4, -0.2) is 23.7 Å². The van der Waals surface area contributed by atoms with Gasteiger partial charge >= 0.3 is 0 Å². The summed E-state index contributed by atoms with van der Waals surface area (Å²) in [6, 6.07) is 26.3. The van der Waals surface area contributed by atoms with Gasteiger partial charge in [-0.15, -0.1) is 11.8 Å². The minimum Gasteiger partial charge on any atom is -0.487 e. The topological polar surface area (TPSA) is 54.5 Å². The largest absolute Gasteiger partial charge is 0.487 e. The van der Waals surface area contributed by atoms with Gasteiger partial charge in [-0.05, 0) is 42.0 Å². The summed E-state index contributed by atoms with van der Waals surface area (Å²) in [5.74, 6) is 1.41. The van der Waals surface area contributed by atoms with Crippen molar-refractivity contribution in [1.29, 1.82) is 0 Å². The molecule has 1 N–H and O–H groups in total. The monoisotopic (exact) mass is 441 g/mol. The van der Waals surface area contributed by atoms with Gasteiger partial charge in [0.1, 0.15) is 12.4 Å². The third-order valence-corrected chi connectivity index (χ3v) is 6.60. The summed E-state index contributed by atoms with van der Waals surface area (Å²) in [6.45, 7) is 1.09. The number of hydrogen-bond donors (Lipinski definition) is 1. The van der Waals surface area contributed by atoms with Gasteiger partial charge in [0.15, 0.2) is 0 Å². The van der Waals surface area contributed by atoms with E-state index in [1.807, 2.05) is 61.6 Å². The van der Waals surface area contributed by atoms with Gasteiger partial charge in [0.25, 0.3) is 0 Å². The zero-order chi connectivity index (χ0) is 21.9. The van der Waals surface area contributed by atoms with E-state index in [1.54, 1.807) is 16.7 Å². The highest BCUT2D eigenvalue weighted by atomic mass is 32.2. The van der Waals surface area contributed by atoms with Gasteiger partial charge in [-0.1, -0.05) is 42.5 Å². The number of amides is 1. The molecule has 0 atom stereocenters. The maximum Gasteiger partial charge on any atom is 0.237 e. The van der Waals surface area contributed by atoms with E-state index < -0.39 is 0 Å². The van der Waals surface area contributed by atoms with Crippen LogP contribution in [0.3, 0.4) is 0 Å². The summed E-state index contributed by atoms with van der Waals surface area (Å²) >= 11 is 1.59. The van der Waals surface area contributed by atoms with Crippen LogP contribution in [0.5, 0.6) is 5.75 Å². The lowest BCUT2D eigenvalue weighted by Crippen LogP contribution is -2.31. The van der Waals surface area contributed by atoms with Gasteiger partial charge < -0.3 is 15.0 Å². The highest BCUT2D eigenvalue weighted by molar-refractivity contribution is 8.00. The summed E-state index contributed by atoms with van der Waals surface area (Å²) in [7, 11) is 1.83. The molecule has 1 amide bonds. The lowest BCUT2D eigenvalue weighted by molar-refractivity contribution is -0.116. The summed E-state index contributed by atoms with van der Waals surface area (Å²) in [5, 5.41) is 4.64. The molecule has 0 spiro atoms. The second-order valence-electron chi connectivity index (χ2n) is 7.68. The zero-order valence-corrected chi connectivity index (χ0v) is 18.6. The van der Waals surface area contributed by atoms with Crippen LogP contribution < -0.4 is 15.0 Å². The molecule has 5 rings (SSSR count). The Balaban J connectivity index is 1.25. The van der Waals surface area contributed by atoms with Crippen molar-refractivity contribution < 1.29 is 9.53 Å². The quantitative estimate of drug-likeness (QED) is 0.429. The number of pyridine rings is 1. The van der Waals surface area contributed by atoms with Gasteiger partial charge in [-0.3, -0.25) is 4.79 Å². The fraction of sp³-hybridized carbons (Fsp3) is 0.154. The molecule has 32 heavy (non-hydrogen) atoms. The molecule has 1 aromatic heterocycles. The van der Waals surface area contributed by atoms with Crippen LogP contribution in [0.15, 0.2) is 83.8 Å². The number of thioether (sulfide) groups is 1. The van der Waals surface area contributed by atoms with E-state index in [9.17, 15) is 4.79 Å². The third-order valence-electron chi connectivity index (χ3n) is 5.49. The molecule has 0 aliphatic carbocycles. The average Bonchev–Trinajstić information content (AvgIpc) is 2.84. The van der Waals surface area contributed by atoms with Crippen molar-refractivity contribution in [2.75, 3.05) is 23.0 Å². The Bertz CT molecular complexity index is 1290. The SMILES string of the molecule is CN1C(=O)CSc2c(NCc3cccc(OCc4ccc5ccccc5n4)c3)cccc21. The lowest BCUT2D eigenvalue weighted by Gasteiger charge is -2.27. The number of carbonyl (C=O) groups is 1. The van der Waals surface area contributed by atoms with Crippen molar-refractivity contribution in [2.45, 2.75) is 18.0 Å². The fourth-order valence-electron chi connectivity index (χ4n) is 3.73. The van der Waals surface area contributed by atoms with Gasteiger partial charge in [0, 0.05) is 19.0 Å².